The average Bonchev–Trinajstić information content (AvgIpc) is 2.82. The molecule has 0 radical (unpaired) electrons. The van der Waals surface area contributed by atoms with Crippen LogP contribution in [0.15, 0.2) is 72.8 Å². The van der Waals surface area contributed by atoms with E-state index >= 15 is 0 Å². The molecule has 0 saturated carbocycles. The second kappa shape index (κ2) is 5.94. The van der Waals surface area contributed by atoms with Crippen LogP contribution in [0.1, 0.15) is 25.0 Å². The maximum atomic E-state index is 2.41. The van der Waals surface area contributed by atoms with Crippen LogP contribution >= 0.6 is 0 Å². The fourth-order valence-corrected chi connectivity index (χ4v) is 4.69. The summed E-state index contributed by atoms with van der Waals surface area (Å²) in [7, 11) is 2.41. The van der Waals surface area contributed by atoms with Crippen molar-refractivity contribution in [1.82, 2.24) is 0 Å². The zero-order valence-electron chi connectivity index (χ0n) is 16.4. The lowest BCUT2D eigenvalue weighted by molar-refractivity contribution is -0.954. The van der Waals surface area contributed by atoms with Crippen LogP contribution in [0.3, 0.4) is 0 Å². The Bertz CT molecular complexity index is 1080. The van der Waals surface area contributed by atoms with Gasteiger partial charge in [-0.25, -0.2) is 0 Å². The van der Waals surface area contributed by atoms with Crippen LogP contribution in [-0.2, 0) is 13.1 Å². The topological polar surface area (TPSA) is 0 Å². The van der Waals surface area contributed by atoms with Crippen molar-refractivity contribution in [2.45, 2.75) is 33.0 Å². The van der Waals surface area contributed by atoms with Crippen molar-refractivity contribution in [3.63, 3.8) is 0 Å². The van der Waals surface area contributed by atoms with Crippen molar-refractivity contribution < 1.29 is 4.48 Å². The Hall–Kier alpha value is -2.64. The highest BCUT2D eigenvalue weighted by molar-refractivity contribution is 6.07. The highest BCUT2D eigenvalue weighted by Gasteiger charge is 2.33. The van der Waals surface area contributed by atoms with Gasteiger partial charge in [0.1, 0.15) is 13.1 Å². The van der Waals surface area contributed by atoms with Crippen molar-refractivity contribution in [3.05, 3.63) is 83.9 Å². The van der Waals surface area contributed by atoms with E-state index in [0.717, 1.165) is 17.6 Å². The molecule has 4 aromatic carbocycles. The SMILES string of the molecule is CC(C)[N+]1(C)Cc2ccc3ccccc3c2-c2c(ccc3ccccc23)C1. The number of hydrogen-bond donors (Lipinski definition) is 0. The second-order valence-corrected chi connectivity index (χ2v) is 8.53. The summed E-state index contributed by atoms with van der Waals surface area (Å²) in [5, 5.41) is 5.42. The summed E-state index contributed by atoms with van der Waals surface area (Å²) in [4.78, 5) is 0. The van der Waals surface area contributed by atoms with E-state index < -0.39 is 0 Å². The molecule has 5 rings (SSSR count). The molecule has 0 spiro atoms. The normalized spacial score (nSPS) is 15.6. The summed E-state index contributed by atoms with van der Waals surface area (Å²) < 4.78 is 1.04. The first-order valence-electron chi connectivity index (χ1n) is 9.93. The molecule has 0 aromatic heterocycles. The van der Waals surface area contributed by atoms with Crippen LogP contribution in [-0.4, -0.2) is 17.6 Å². The molecule has 0 fully saturated rings. The Kier molecular flexibility index (Phi) is 3.63. The van der Waals surface area contributed by atoms with E-state index in [1.807, 2.05) is 0 Å². The number of nitrogens with zero attached hydrogens (tertiary/aromatic N) is 1. The van der Waals surface area contributed by atoms with Gasteiger partial charge in [-0.15, -0.1) is 0 Å². The van der Waals surface area contributed by atoms with Gasteiger partial charge in [0.2, 0.25) is 0 Å². The van der Waals surface area contributed by atoms with E-state index in [2.05, 4.69) is 93.7 Å². The molecule has 0 amide bonds. The highest BCUT2D eigenvalue weighted by atomic mass is 15.3. The predicted octanol–water partition coefficient (Wildman–Crippen LogP) is 6.53. The Balaban J connectivity index is 1.96. The highest BCUT2D eigenvalue weighted by Crippen LogP contribution is 2.43. The van der Waals surface area contributed by atoms with Gasteiger partial charge >= 0.3 is 0 Å². The van der Waals surface area contributed by atoms with Crippen molar-refractivity contribution in [2.24, 2.45) is 0 Å². The standard InChI is InChI=1S/C26H26N/c1-18(2)27(3)16-21-14-12-19-8-4-6-10-23(19)25(21)26-22(17-27)15-13-20-9-5-7-11-24(20)26/h4-15,18H,16-17H2,1-3H3/q+1. The minimum absolute atomic E-state index is 0.571. The van der Waals surface area contributed by atoms with Crippen LogP contribution in [0.25, 0.3) is 32.7 Å². The summed E-state index contributed by atoms with van der Waals surface area (Å²) in [6.07, 6.45) is 0. The molecular formula is C26H26N+. The van der Waals surface area contributed by atoms with Crippen LogP contribution in [0.4, 0.5) is 0 Å². The lowest BCUT2D eigenvalue weighted by Crippen LogP contribution is -2.47. The first kappa shape index (κ1) is 16.5. The first-order chi connectivity index (χ1) is 13.1. The fourth-order valence-electron chi connectivity index (χ4n) is 4.69. The van der Waals surface area contributed by atoms with Gasteiger partial charge in [0, 0.05) is 11.1 Å². The van der Waals surface area contributed by atoms with Gasteiger partial charge in [-0.1, -0.05) is 72.8 Å². The Morgan fingerprint density at radius 3 is 1.52 bits per heavy atom. The third kappa shape index (κ3) is 2.49. The summed E-state index contributed by atoms with van der Waals surface area (Å²) in [5.41, 5.74) is 5.84. The summed E-state index contributed by atoms with van der Waals surface area (Å²) in [5.74, 6) is 0. The van der Waals surface area contributed by atoms with Crippen molar-refractivity contribution >= 4 is 21.5 Å². The number of rotatable bonds is 1. The molecule has 4 aromatic rings. The predicted molar refractivity (Wildman–Crippen MR) is 116 cm³/mol. The largest absolute Gasteiger partial charge is 0.317 e. The summed E-state index contributed by atoms with van der Waals surface area (Å²) >= 11 is 0. The van der Waals surface area contributed by atoms with Gasteiger partial charge < -0.3 is 4.48 Å². The van der Waals surface area contributed by atoms with Crippen LogP contribution in [0.5, 0.6) is 0 Å². The Morgan fingerprint density at radius 2 is 1.07 bits per heavy atom. The first-order valence-corrected chi connectivity index (χ1v) is 9.93. The van der Waals surface area contributed by atoms with Crippen LogP contribution in [0, 0.1) is 0 Å². The molecular weight excluding hydrogens is 326 g/mol. The van der Waals surface area contributed by atoms with E-state index in [0.29, 0.717) is 6.04 Å². The fraction of sp³-hybridized carbons (Fsp3) is 0.231. The molecule has 0 saturated heterocycles. The number of fused-ring (bicyclic) bond motifs is 7. The monoisotopic (exact) mass is 352 g/mol. The quantitative estimate of drug-likeness (QED) is 0.342. The van der Waals surface area contributed by atoms with Crippen molar-refractivity contribution in [1.29, 1.82) is 0 Å². The molecule has 134 valence electrons. The molecule has 1 nitrogen and oxygen atoms in total. The molecule has 0 N–H and O–H groups in total. The maximum absolute atomic E-state index is 2.41. The zero-order valence-corrected chi connectivity index (χ0v) is 16.4. The maximum Gasteiger partial charge on any atom is 0.105 e. The zero-order chi connectivity index (χ0) is 18.6. The van der Waals surface area contributed by atoms with E-state index in [-0.39, 0.29) is 0 Å². The molecule has 0 aliphatic carbocycles. The number of quaternary nitrogens is 1. The third-order valence-electron chi connectivity index (χ3n) is 6.59. The van der Waals surface area contributed by atoms with E-state index in [9.17, 15) is 0 Å². The Morgan fingerprint density at radius 1 is 0.630 bits per heavy atom. The minimum Gasteiger partial charge on any atom is -0.317 e. The summed E-state index contributed by atoms with van der Waals surface area (Å²) in [6.45, 7) is 6.85. The van der Waals surface area contributed by atoms with Crippen molar-refractivity contribution in [2.75, 3.05) is 7.05 Å². The number of benzene rings is 4. The molecule has 1 aliphatic rings. The average molecular weight is 353 g/mol. The molecule has 1 heterocycles. The third-order valence-corrected chi connectivity index (χ3v) is 6.59. The van der Waals surface area contributed by atoms with Crippen LogP contribution in [0.2, 0.25) is 0 Å². The molecule has 0 bridgehead atoms. The van der Waals surface area contributed by atoms with E-state index in [1.165, 1.54) is 43.8 Å². The lowest BCUT2D eigenvalue weighted by atomic mass is 9.88. The molecule has 0 atom stereocenters. The van der Waals surface area contributed by atoms with Gasteiger partial charge in [-0.3, -0.25) is 0 Å². The van der Waals surface area contributed by atoms with Crippen LogP contribution < -0.4 is 0 Å². The van der Waals surface area contributed by atoms with Crippen molar-refractivity contribution in [3.8, 4) is 11.1 Å². The molecule has 0 unspecified atom stereocenters. The Labute approximate surface area is 161 Å². The molecule has 1 heteroatoms. The smallest absolute Gasteiger partial charge is 0.105 e. The molecule has 1 aliphatic heterocycles. The van der Waals surface area contributed by atoms with Gasteiger partial charge in [0.05, 0.1) is 13.1 Å². The van der Waals surface area contributed by atoms with Gasteiger partial charge in [0.15, 0.2) is 0 Å². The minimum atomic E-state index is 0.571. The van der Waals surface area contributed by atoms with E-state index in [4.69, 9.17) is 0 Å². The second-order valence-electron chi connectivity index (χ2n) is 8.53. The lowest BCUT2D eigenvalue weighted by Gasteiger charge is -2.38. The number of hydrogen-bond acceptors (Lipinski definition) is 0. The van der Waals surface area contributed by atoms with E-state index in [1.54, 1.807) is 0 Å². The van der Waals surface area contributed by atoms with Gasteiger partial charge in [-0.05, 0) is 46.5 Å². The van der Waals surface area contributed by atoms with Gasteiger partial charge in [0.25, 0.3) is 0 Å². The van der Waals surface area contributed by atoms with Gasteiger partial charge in [-0.2, -0.15) is 0 Å². The molecule has 27 heavy (non-hydrogen) atoms. The summed E-state index contributed by atoms with van der Waals surface area (Å²) in [6, 6.07) is 27.6.